The van der Waals surface area contributed by atoms with Crippen LogP contribution in [0.5, 0.6) is 0 Å². The molecule has 24 heavy (non-hydrogen) atoms. The first-order valence-electron chi connectivity index (χ1n) is 8.00. The molecule has 0 saturated carbocycles. The summed E-state index contributed by atoms with van der Waals surface area (Å²) in [6.45, 7) is 3.54. The minimum Gasteiger partial charge on any atom is -0.386 e. The Morgan fingerprint density at radius 2 is 2.33 bits per heavy atom. The number of β-amino-alcohol motifs (C(OH)–C–C–N with tert-alkyl or cyclic N) is 1. The predicted octanol–water partition coefficient (Wildman–Crippen LogP) is 1.95. The van der Waals surface area contributed by atoms with Crippen molar-refractivity contribution in [2.45, 2.75) is 25.4 Å². The fourth-order valence-corrected chi connectivity index (χ4v) is 3.80. The van der Waals surface area contributed by atoms with Gasteiger partial charge in [-0.05, 0) is 31.2 Å². The number of piperidine rings is 1. The van der Waals surface area contributed by atoms with Crippen LogP contribution in [0.3, 0.4) is 0 Å². The van der Waals surface area contributed by atoms with Crippen molar-refractivity contribution in [2.24, 2.45) is 0 Å². The molecular weight excluding hydrogens is 324 g/mol. The van der Waals surface area contributed by atoms with E-state index in [0.717, 1.165) is 24.5 Å². The minimum absolute atomic E-state index is 0.0559. The summed E-state index contributed by atoms with van der Waals surface area (Å²) in [4.78, 5) is 24.5. The molecule has 1 aliphatic rings. The number of anilines is 1. The zero-order valence-corrected chi connectivity index (χ0v) is 14.8. The molecule has 1 atom stereocenters. The summed E-state index contributed by atoms with van der Waals surface area (Å²) in [5.74, 6) is 0.770. The molecule has 0 aromatic carbocycles. The highest BCUT2D eigenvalue weighted by atomic mass is 32.1. The van der Waals surface area contributed by atoms with Gasteiger partial charge < -0.3 is 14.9 Å². The number of hydrogen-bond donors (Lipinski definition) is 1. The summed E-state index contributed by atoms with van der Waals surface area (Å²) in [7, 11) is 1.74. The highest BCUT2D eigenvalue weighted by molar-refractivity contribution is 7.08. The van der Waals surface area contributed by atoms with Crippen LogP contribution in [0.2, 0.25) is 0 Å². The van der Waals surface area contributed by atoms with E-state index in [9.17, 15) is 9.90 Å². The quantitative estimate of drug-likeness (QED) is 0.916. The molecule has 1 fully saturated rings. The maximum absolute atomic E-state index is 12.4. The van der Waals surface area contributed by atoms with Gasteiger partial charge in [0.05, 0.1) is 17.7 Å². The molecule has 0 bridgehead atoms. The van der Waals surface area contributed by atoms with Crippen molar-refractivity contribution in [3.63, 3.8) is 0 Å². The Kier molecular flexibility index (Phi) is 4.82. The predicted molar refractivity (Wildman–Crippen MR) is 94.4 cm³/mol. The highest BCUT2D eigenvalue weighted by Crippen LogP contribution is 2.26. The Morgan fingerprint density at radius 3 is 3.04 bits per heavy atom. The number of nitrogens with zero attached hydrogens (tertiary/aromatic N) is 4. The largest absolute Gasteiger partial charge is 0.386 e. The zero-order valence-electron chi connectivity index (χ0n) is 14.0. The van der Waals surface area contributed by atoms with Crippen molar-refractivity contribution in [1.82, 2.24) is 14.9 Å². The van der Waals surface area contributed by atoms with Crippen molar-refractivity contribution in [1.29, 1.82) is 0 Å². The van der Waals surface area contributed by atoms with Gasteiger partial charge in [-0.25, -0.2) is 9.97 Å². The Hall–Kier alpha value is -1.99. The number of likely N-dealkylation sites (N-methyl/N-ethyl adjacent to an activating group) is 1. The van der Waals surface area contributed by atoms with Crippen molar-refractivity contribution in [2.75, 3.05) is 31.6 Å². The average molecular weight is 346 g/mol. The third kappa shape index (κ3) is 3.73. The molecule has 0 unspecified atom stereocenters. The summed E-state index contributed by atoms with van der Waals surface area (Å²) in [5, 5.41) is 14.7. The van der Waals surface area contributed by atoms with Gasteiger partial charge in [0.25, 0.3) is 5.91 Å². The summed E-state index contributed by atoms with van der Waals surface area (Å²) < 4.78 is 0. The van der Waals surface area contributed by atoms with Crippen molar-refractivity contribution in [3.05, 3.63) is 40.5 Å². The molecule has 6 nitrogen and oxygen atoms in total. The van der Waals surface area contributed by atoms with E-state index in [1.807, 2.05) is 29.8 Å². The van der Waals surface area contributed by atoms with E-state index in [1.165, 1.54) is 11.3 Å². The zero-order chi connectivity index (χ0) is 17.2. The molecule has 3 heterocycles. The lowest BCUT2D eigenvalue weighted by atomic mass is 9.92. The van der Waals surface area contributed by atoms with Gasteiger partial charge in [0.15, 0.2) is 0 Å². The third-order valence-electron chi connectivity index (χ3n) is 4.32. The Balaban J connectivity index is 1.69. The summed E-state index contributed by atoms with van der Waals surface area (Å²) in [6, 6.07) is 3.73. The van der Waals surface area contributed by atoms with E-state index >= 15 is 0 Å². The second-order valence-electron chi connectivity index (χ2n) is 6.44. The lowest BCUT2D eigenvalue weighted by Gasteiger charge is -2.41. The van der Waals surface area contributed by atoms with Crippen LogP contribution in [0.15, 0.2) is 29.2 Å². The van der Waals surface area contributed by atoms with Gasteiger partial charge in [0.1, 0.15) is 12.1 Å². The smallest absolute Gasteiger partial charge is 0.254 e. The first-order valence-corrected chi connectivity index (χ1v) is 8.95. The average Bonchev–Trinajstić information content (AvgIpc) is 3.08. The summed E-state index contributed by atoms with van der Waals surface area (Å²) in [6.07, 6.45) is 3.08. The number of amides is 1. The topological polar surface area (TPSA) is 69.6 Å². The van der Waals surface area contributed by atoms with Crippen LogP contribution >= 0.6 is 11.3 Å². The Bertz CT molecular complexity index is 706. The SMILES string of the molecule is Cc1cc(N2CCC[C@@](O)(CN(C)C(=O)c3ccsc3)C2)ncn1. The number of aromatic nitrogens is 2. The van der Waals surface area contributed by atoms with Crippen LogP contribution in [-0.4, -0.2) is 58.2 Å². The molecule has 2 aromatic rings. The second kappa shape index (κ2) is 6.86. The molecule has 7 heteroatoms. The first kappa shape index (κ1) is 16.9. The maximum Gasteiger partial charge on any atom is 0.254 e. The Morgan fingerprint density at radius 1 is 1.50 bits per heavy atom. The van der Waals surface area contributed by atoms with Gasteiger partial charge in [0.2, 0.25) is 0 Å². The van der Waals surface area contributed by atoms with Crippen LogP contribution in [0.4, 0.5) is 5.82 Å². The number of aliphatic hydroxyl groups is 1. The number of carbonyl (C=O) groups excluding carboxylic acids is 1. The fraction of sp³-hybridized carbons (Fsp3) is 0.471. The monoisotopic (exact) mass is 346 g/mol. The number of hydrogen-bond acceptors (Lipinski definition) is 6. The van der Waals surface area contributed by atoms with Crippen LogP contribution in [-0.2, 0) is 0 Å². The number of rotatable bonds is 4. The summed E-state index contributed by atoms with van der Waals surface area (Å²) in [5.41, 5.74) is 0.640. The van der Waals surface area contributed by atoms with E-state index in [2.05, 4.69) is 14.9 Å². The number of carbonyl (C=O) groups is 1. The number of aryl methyl sites for hydroxylation is 1. The lowest BCUT2D eigenvalue weighted by Crippen LogP contribution is -2.54. The maximum atomic E-state index is 12.4. The van der Waals surface area contributed by atoms with Crippen molar-refractivity contribution < 1.29 is 9.90 Å². The van der Waals surface area contributed by atoms with Gasteiger partial charge in [-0.2, -0.15) is 11.3 Å². The molecule has 1 amide bonds. The second-order valence-corrected chi connectivity index (χ2v) is 7.22. The van der Waals surface area contributed by atoms with E-state index in [-0.39, 0.29) is 5.91 Å². The molecule has 3 rings (SSSR count). The lowest BCUT2D eigenvalue weighted by molar-refractivity contribution is -0.000125. The molecule has 128 valence electrons. The van der Waals surface area contributed by atoms with Crippen LogP contribution in [0, 0.1) is 6.92 Å². The van der Waals surface area contributed by atoms with E-state index in [0.29, 0.717) is 25.1 Å². The first-order chi connectivity index (χ1) is 11.5. The Labute approximate surface area is 145 Å². The molecule has 0 spiro atoms. The number of thiophene rings is 1. The van der Waals surface area contributed by atoms with Crippen molar-refractivity contribution >= 4 is 23.1 Å². The fourth-order valence-electron chi connectivity index (χ4n) is 3.17. The van der Waals surface area contributed by atoms with Gasteiger partial charge in [-0.15, -0.1) is 0 Å². The van der Waals surface area contributed by atoms with Crippen LogP contribution < -0.4 is 4.90 Å². The molecule has 1 aliphatic heterocycles. The molecule has 0 radical (unpaired) electrons. The van der Waals surface area contributed by atoms with Crippen LogP contribution in [0.25, 0.3) is 0 Å². The molecule has 2 aromatic heterocycles. The van der Waals surface area contributed by atoms with Gasteiger partial charge >= 0.3 is 0 Å². The molecule has 1 saturated heterocycles. The molecular formula is C17H22N4O2S. The van der Waals surface area contributed by atoms with E-state index in [1.54, 1.807) is 18.3 Å². The highest BCUT2D eigenvalue weighted by Gasteiger charge is 2.36. The van der Waals surface area contributed by atoms with E-state index < -0.39 is 5.60 Å². The van der Waals surface area contributed by atoms with Crippen LogP contribution in [0.1, 0.15) is 28.9 Å². The standard InChI is InChI=1S/C17H22N4O2S/c1-13-8-15(19-12-18-13)21-6-3-5-17(23,11-21)10-20(2)16(22)14-4-7-24-9-14/h4,7-9,12,23H,3,5-6,10-11H2,1-2H3/t17-/m1/s1. The molecule has 1 N–H and O–H groups in total. The minimum atomic E-state index is -0.933. The summed E-state index contributed by atoms with van der Waals surface area (Å²) >= 11 is 1.50. The third-order valence-corrected chi connectivity index (χ3v) is 5.00. The van der Waals surface area contributed by atoms with Gasteiger partial charge in [-0.3, -0.25) is 4.79 Å². The molecule has 0 aliphatic carbocycles. The normalized spacial score (nSPS) is 20.9. The van der Waals surface area contributed by atoms with Gasteiger partial charge in [0, 0.05) is 37.3 Å². The van der Waals surface area contributed by atoms with E-state index in [4.69, 9.17) is 0 Å². The van der Waals surface area contributed by atoms with Crippen molar-refractivity contribution in [3.8, 4) is 0 Å². The van der Waals surface area contributed by atoms with Gasteiger partial charge in [-0.1, -0.05) is 0 Å².